The number of carbonyl (C=O) groups excluding carboxylic acids is 1. The van der Waals surface area contributed by atoms with Crippen LogP contribution in [0.15, 0.2) is 40.3 Å². The first-order valence-corrected chi connectivity index (χ1v) is 10.2. The molecule has 0 bridgehead atoms. The lowest BCUT2D eigenvalue weighted by atomic mass is 10.1. The van der Waals surface area contributed by atoms with E-state index in [1.54, 1.807) is 44.2 Å². The Morgan fingerprint density at radius 2 is 1.74 bits per heavy atom. The number of benzene rings is 2. The highest BCUT2D eigenvalue weighted by Gasteiger charge is 2.20. The Morgan fingerprint density at radius 1 is 1.11 bits per heavy atom. The van der Waals surface area contributed by atoms with Crippen molar-refractivity contribution in [2.24, 2.45) is 5.10 Å². The molecule has 0 radical (unpaired) electrons. The Bertz CT molecular complexity index is 982. The van der Waals surface area contributed by atoms with Crippen LogP contribution in [-0.4, -0.2) is 27.1 Å². The Balaban J connectivity index is 2.00. The third-order valence-corrected chi connectivity index (χ3v) is 5.92. The summed E-state index contributed by atoms with van der Waals surface area (Å²) in [7, 11) is -3.82. The summed E-state index contributed by atoms with van der Waals surface area (Å²) in [6.07, 6.45) is 1.35. The summed E-state index contributed by atoms with van der Waals surface area (Å²) in [6, 6.07) is 8.39. The van der Waals surface area contributed by atoms with E-state index in [2.05, 4.69) is 15.2 Å². The van der Waals surface area contributed by atoms with Gasteiger partial charge in [-0.3, -0.25) is 4.79 Å². The SMILES string of the molecule is Cc1cc(C)c(S(=O)(=O)NCC(=O)N/N=C\c2ccc(Cl)cc2Cl)c(C)c1. The van der Waals surface area contributed by atoms with E-state index in [1.165, 1.54) is 6.21 Å². The molecule has 0 atom stereocenters. The lowest BCUT2D eigenvalue weighted by Gasteiger charge is -2.12. The Kier molecular flexibility index (Phi) is 7.00. The van der Waals surface area contributed by atoms with E-state index in [1.807, 2.05) is 6.92 Å². The van der Waals surface area contributed by atoms with Crippen molar-refractivity contribution in [2.45, 2.75) is 25.7 Å². The smallest absolute Gasteiger partial charge is 0.255 e. The molecule has 27 heavy (non-hydrogen) atoms. The second-order valence-corrected chi connectivity index (χ2v) is 8.56. The highest BCUT2D eigenvalue weighted by atomic mass is 35.5. The summed E-state index contributed by atoms with van der Waals surface area (Å²) in [5.74, 6) is -0.609. The van der Waals surface area contributed by atoms with E-state index >= 15 is 0 Å². The van der Waals surface area contributed by atoms with Crippen molar-refractivity contribution >= 4 is 45.3 Å². The van der Waals surface area contributed by atoms with Gasteiger partial charge in [-0.15, -0.1) is 0 Å². The predicted molar refractivity (Wildman–Crippen MR) is 108 cm³/mol. The third-order valence-electron chi connectivity index (χ3n) is 3.65. The van der Waals surface area contributed by atoms with Crippen molar-refractivity contribution in [3.63, 3.8) is 0 Å². The molecule has 0 aliphatic carbocycles. The van der Waals surface area contributed by atoms with Gasteiger partial charge in [-0.25, -0.2) is 18.6 Å². The molecular weight excluding hydrogens is 409 g/mol. The van der Waals surface area contributed by atoms with E-state index in [0.717, 1.165) is 5.56 Å². The van der Waals surface area contributed by atoms with Gasteiger partial charge < -0.3 is 0 Å². The fraction of sp³-hybridized carbons (Fsp3) is 0.222. The van der Waals surface area contributed by atoms with Gasteiger partial charge in [-0.05, 0) is 44.0 Å². The average molecular weight is 428 g/mol. The zero-order chi connectivity index (χ0) is 20.2. The monoisotopic (exact) mass is 427 g/mol. The number of rotatable bonds is 6. The van der Waals surface area contributed by atoms with E-state index in [4.69, 9.17) is 23.2 Å². The lowest BCUT2D eigenvalue weighted by molar-refractivity contribution is -0.119. The first-order valence-electron chi connectivity index (χ1n) is 7.94. The summed E-state index contributed by atoms with van der Waals surface area (Å²) in [6.45, 7) is 4.88. The largest absolute Gasteiger partial charge is 0.272 e. The molecule has 6 nitrogen and oxygen atoms in total. The topological polar surface area (TPSA) is 87.6 Å². The second kappa shape index (κ2) is 8.84. The maximum absolute atomic E-state index is 12.5. The quantitative estimate of drug-likeness (QED) is 0.547. The zero-order valence-corrected chi connectivity index (χ0v) is 17.3. The Hall–Kier alpha value is -1.93. The lowest BCUT2D eigenvalue weighted by Crippen LogP contribution is -2.35. The summed E-state index contributed by atoms with van der Waals surface area (Å²) >= 11 is 11.8. The molecule has 2 aromatic rings. The third kappa shape index (κ3) is 5.77. The highest BCUT2D eigenvalue weighted by molar-refractivity contribution is 7.89. The summed E-state index contributed by atoms with van der Waals surface area (Å²) < 4.78 is 27.3. The molecule has 0 spiro atoms. The number of halogens is 2. The van der Waals surface area contributed by atoms with Crippen molar-refractivity contribution in [3.8, 4) is 0 Å². The fourth-order valence-electron chi connectivity index (χ4n) is 2.64. The fourth-order valence-corrected chi connectivity index (χ4v) is 4.53. The van der Waals surface area contributed by atoms with Crippen LogP contribution >= 0.6 is 23.2 Å². The number of amides is 1. The van der Waals surface area contributed by atoms with Crippen molar-refractivity contribution < 1.29 is 13.2 Å². The van der Waals surface area contributed by atoms with Gasteiger partial charge in [0.05, 0.1) is 22.7 Å². The van der Waals surface area contributed by atoms with Crippen LogP contribution in [0.3, 0.4) is 0 Å². The molecule has 0 aliphatic rings. The van der Waals surface area contributed by atoms with Crippen LogP contribution < -0.4 is 10.1 Å². The van der Waals surface area contributed by atoms with Gasteiger partial charge in [-0.1, -0.05) is 47.0 Å². The van der Waals surface area contributed by atoms with Crippen LogP contribution in [0.1, 0.15) is 22.3 Å². The number of carbonyl (C=O) groups is 1. The number of nitrogens with zero attached hydrogens (tertiary/aromatic N) is 1. The molecule has 0 unspecified atom stereocenters. The van der Waals surface area contributed by atoms with Gasteiger partial charge in [0, 0.05) is 10.6 Å². The van der Waals surface area contributed by atoms with Crippen LogP contribution in [0.5, 0.6) is 0 Å². The van der Waals surface area contributed by atoms with Crippen molar-refractivity contribution in [1.29, 1.82) is 0 Å². The number of hydrogen-bond acceptors (Lipinski definition) is 4. The van der Waals surface area contributed by atoms with Crippen molar-refractivity contribution in [3.05, 3.63) is 62.6 Å². The molecule has 1 amide bonds. The Morgan fingerprint density at radius 3 is 2.33 bits per heavy atom. The molecular formula is C18H19Cl2N3O3S. The molecule has 0 aliphatic heterocycles. The van der Waals surface area contributed by atoms with E-state index in [9.17, 15) is 13.2 Å². The number of nitrogens with one attached hydrogen (secondary N) is 2. The summed E-state index contributed by atoms with van der Waals surface area (Å²) in [5, 5.41) is 4.63. The summed E-state index contributed by atoms with van der Waals surface area (Å²) in [5.41, 5.74) is 5.02. The van der Waals surface area contributed by atoms with Gasteiger partial charge in [0.2, 0.25) is 10.0 Å². The van der Waals surface area contributed by atoms with Crippen LogP contribution in [0.25, 0.3) is 0 Å². The number of aryl methyl sites for hydroxylation is 3. The maximum atomic E-state index is 12.5. The second-order valence-electron chi connectivity index (χ2n) is 6.01. The minimum absolute atomic E-state index is 0.178. The average Bonchev–Trinajstić information content (AvgIpc) is 2.54. The van der Waals surface area contributed by atoms with Crippen LogP contribution in [0.4, 0.5) is 0 Å². The minimum Gasteiger partial charge on any atom is -0.272 e. The van der Waals surface area contributed by atoms with Crippen molar-refractivity contribution in [2.75, 3.05) is 6.54 Å². The number of hydrogen-bond donors (Lipinski definition) is 2. The van der Waals surface area contributed by atoms with E-state index in [-0.39, 0.29) is 4.90 Å². The van der Waals surface area contributed by atoms with E-state index in [0.29, 0.717) is 26.7 Å². The van der Waals surface area contributed by atoms with Gasteiger partial charge >= 0.3 is 0 Å². The predicted octanol–water partition coefficient (Wildman–Crippen LogP) is 3.35. The molecule has 2 aromatic carbocycles. The maximum Gasteiger partial charge on any atom is 0.255 e. The normalized spacial score (nSPS) is 11.7. The van der Waals surface area contributed by atoms with Gasteiger partial charge in [0.25, 0.3) is 5.91 Å². The number of hydrazone groups is 1. The van der Waals surface area contributed by atoms with Crippen molar-refractivity contribution in [1.82, 2.24) is 10.1 Å². The first-order chi connectivity index (χ1) is 12.6. The van der Waals surface area contributed by atoms with Gasteiger partial charge in [-0.2, -0.15) is 5.10 Å². The van der Waals surface area contributed by atoms with Crippen LogP contribution in [-0.2, 0) is 14.8 Å². The standard InChI is InChI=1S/C18H19Cl2N3O3S/c1-11-6-12(2)18(13(3)7-11)27(25,26)22-10-17(24)23-21-9-14-4-5-15(19)8-16(14)20/h4-9,22H,10H2,1-3H3,(H,23,24)/b21-9-. The van der Waals surface area contributed by atoms with Gasteiger partial charge in [0.1, 0.15) is 0 Å². The molecule has 9 heteroatoms. The van der Waals surface area contributed by atoms with Crippen LogP contribution in [0.2, 0.25) is 10.0 Å². The first kappa shape index (κ1) is 21.4. The molecule has 0 heterocycles. The zero-order valence-electron chi connectivity index (χ0n) is 15.0. The summed E-state index contributed by atoms with van der Waals surface area (Å²) in [4.78, 5) is 12.0. The van der Waals surface area contributed by atoms with Crippen LogP contribution in [0, 0.1) is 20.8 Å². The molecule has 144 valence electrons. The minimum atomic E-state index is -3.82. The van der Waals surface area contributed by atoms with Gasteiger partial charge in [0.15, 0.2) is 0 Å². The number of sulfonamides is 1. The Labute approximate surface area is 168 Å². The molecule has 0 fully saturated rings. The molecule has 0 saturated heterocycles. The molecule has 2 rings (SSSR count). The molecule has 0 saturated carbocycles. The van der Waals surface area contributed by atoms with E-state index < -0.39 is 22.5 Å². The molecule has 2 N–H and O–H groups in total. The molecule has 0 aromatic heterocycles. The highest BCUT2D eigenvalue weighted by Crippen LogP contribution is 2.21.